The smallest absolute Gasteiger partial charge is 0.231 e. The molecule has 7 heteroatoms. The first-order valence-corrected chi connectivity index (χ1v) is 6.80. The van der Waals surface area contributed by atoms with E-state index < -0.39 is 0 Å². The molecule has 2 N–H and O–H groups in total. The second kappa shape index (κ2) is 6.02. The number of rotatable bonds is 4. The fourth-order valence-electron chi connectivity index (χ4n) is 2.33. The largest absolute Gasteiger partial charge is 0.379 e. The van der Waals surface area contributed by atoms with Crippen LogP contribution < -0.4 is 10.6 Å². The summed E-state index contributed by atoms with van der Waals surface area (Å²) in [4.78, 5) is 16.5. The number of pyridine rings is 1. The lowest BCUT2D eigenvalue weighted by atomic mass is 10.0. The highest BCUT2D eigenvalue weighted by atomic mass is 16.5. The van der Waals surface area contributed by atoms with Crippen molar-refractivity contribution in [3.63, 3.8) is 0 Å². The molecule has 0 saturated carbocycles. The molecular weight excluding hydrogens is 270 g/mol. The molecule has 1 fully saturated rings. The van der Waals surface area contributed by atoms with Gasteiger partial charge in [-0.05, 0) is 25.2 Å². The molecule has 0 bridgehead atoms. The van der Waals surface area contributed by atoms with Crippen LogP contribution in [0.15, 0.2) is 36.8 Å². The van der Waals surface area contributed by atoms with Gasteiger partial charge in [0.15, 0.2) is 5.82 Å². The molecule has 1 saturated heterocycles. The van der Waals surface area contributed by atoms with E-state index in [0.29, 0.717) is 24.7 Å². The van der Waals surface area contributed by atoms with Gasteiger partial charge in [0.25, 0.3) is 0 Å². The predicted molar refractivity (Wildman–Crippen MR) is 77.1 cm³/mol. The summed E-state index contributed by atoms with van der Waals surface area (Å²) in [5, 5.41) is 10.1. The van der Waals surface area contributed by atoms with E-state index in [-0.39, 0.29) is 17.9 Å². The van der Waals surface area contributed by atoms with Crippen molar-refractivity contribution in [1.82, 2.24) is 20.1 Å². The maximum Gasteiger partial charge on any atom is 0.231 e. The minimum absolute atomic E-state index is 0.0551. The van der Waals surface area contributed by atoms with Gasteiger partial charge in [-0.15, -0.1) is 0 Å². The minimum Gasteiger partial charge on any atom is -0.379 e. The number of likely N-dealkylation sites (N-methyl/N-ethyl adjacent to an activating group) is 1. The monoisotopic (exact) mass is 287 g/mol. The van der Waals surface area contributed by atoms with E-state index in [1.165, 1.54) is 0 Å². The molecule has 1 aliphatic rings. The molecular formula is C14H17N5O2. The van der Waals surface area contributed by atoms with E-state index in [1.54, 1.807) is 17.1 Å². The Morgan fingerprint density at radius 3 is 3.00 bits per heavy atom. The zero-order valence-corrected chi connectivity index (χ0v) is 11.7. The Morgan fingerprint density at radius 2 is 2.33 bits per heavy atom. The number of nitrogens with one attached hydrogen (secondary N) is 2. The molecule has 0 radical (unpaired) electrons. The summed E-state index contributed by atoms with van der Waals surface area (Å²) in [6.45, 7) is 1.00. The average molecular weight is 287 g/mol. The number of amides is 1. The Hall–Kier alpha value is -2.25. The van der Waals surface area contributed by atoms with Gasteiger partial charge in [-0.25, -0.2) is 9.67 Å². The number of carbonyl (C=O) groups is 1. The Labute approximate surface area is 122 Å². The van der Waals surface area contributed by atoms with Crippen LogP contribution in [0.2, 0.25) is 0 Å². The molecule has 3 heterocycles. The maximum atomic E-state index is 12.2. The van der Waals surface area contributed by atoms with Crippen molar-refractivity contribution >= 4 is 11.6 Å². The second-order valence-corrected chi connectivity index (χ2v) is 4.88. The van der Waals surface area contributed by atoms with Crippen LogP contribution in [0, 0.1) is 5.92 Å². The van der Waals surface area contributed by atoms with E-state index in [0.717, 1.165) is 0 Å². The molecule has 7 nitrogen and oxygen atoms in total. The molecule has 2 atom stereocenters. The lowest BCUT2D eigenvalue weighted by Gasteiger charge is -2.16. The molecule has 21 heavy (non-hydrogen) atoms. The highest BCUT2D eigenvalue weighted by molar-refractivity contribution is 5.93. The van der Waals surface area contributed by atoms with Crippen molar-refractivity contribution in [2.24, 2.45) is 5.92 Å². The van der Waals surface area contributed by atoms with Gasteiger partial charge < -0.3 is 15.4 Å². The van der Waals surface area contributed by atoms with E-state index >= 15 is 0 Å². The van der Waals surface area contributed by atoms with Crippen molar-refractivity contribution in [2.75, 3.05) is 25.6 Å². The number of aromatic nitrogens is 3. The molecule has 0 aromatic carbocycles. The number of nitrogens with zero attached hydrogens (tertiary/aromatic N) is 3. The Balaban J connectivity index is 1.66. The summed E-state index contributed by atoms with van der Waals surface area (Å²) in [5.41, 5.74) is 0.664. The van der Waals surface area contributed by atoms with Gasteiger partial charge in [-0.3, -0.25) is 4.79 Å². The van der Waals surface area contributed by atoms with Crippen LogP contribution in [0.3, 0.4) is 0 Å². The normalized spacial score (nSPS) is 21.4. The SMILES string of the molecule is CNC1COCC1C(=O)Nc1ccc(-n2cccn2)nc1. The van der Waals surface area contributed by atoms with Crippen LogP contribution in [0.5, 0.6) is 0 Å². The number of ether oxygens (including phenoxy) is 1. The first kappa shape index (κ1) is 13.7. The van der Waals surface area contributed by atoms with Gasteiger partial charge >= 0.3 is 0 Å². The number of hydrogen-bond acceptors (Lipinski definition) is 5. The predicted octanol–water partition coefficient (Wildman–Crippen LogP) is 0.440. The van der Waals surface area contributed by atoms with Crippen molar-refractivity contribution in [2.45, 2.75) is 6.04 Å². The van der Waals surface area contributed by atoms with Gasteiger partial charge in [0.05, 0.1) is 31.0 Å². The number of hydrogen-bond donors (Lipinski definition) is 2. The quantitative estimate of drug-likeness (QED) is 0.853. The van der Waals surface area contributed by atoms with Crippen LogP contribution in [-0.4, -0.2) is 47.0 Å². The zero-order chi connectivity index (χ0) is 14.7. The van der Waals surface area contributed by atoms with E-state index in [2.05, 4.69) is 20.7 Å². The topological polar surface area (TPSA) is 81.1 Å². The maximum absolute atomic E-state index is 12.2. The second-order valence-electron chi connectivity index (χ2n) is 4.88. The van der Waals surface area contributed by atoms with E-state index in [9.17, 15) is 4.79 Å². The van der Waals surface area contributed by atoms with Crippen molar-refractivity contribution in [1.29, 1.82) is 0 Å². The van der Waals surface area contributed by atoms with E-state index in [4.69, 9.17) is 4.74 Å². The summed E-state index contributed by atoms with van der Waals surface area (Å²) in [5.74, 6) is 0.469. The zero-order valence-electron chi connectivity index (χ0n) is 11.7. The van der Waals surface area contributed by atoms with Crippen molar-refractivity contribution in [3.8, 4) is 5.82 Å². The van der Waals surface area contributed by atoms with E-state index in [1.807, 2.05) is 31.4 Å². The van der Waals surface area contributed by atoms with Crippen LogP contribution in [0.4, 0.5) is 5.69 Å². The molecule has 0 spiro atoms. The van der Waals surface area contributed by atoms with Crippen molar-refractivity contribution < 1.29 is 9.53 Å². The Bertz CT molecular complexity index is 596. The molecule has 2 aromatic heterocycles. The van der Waals surface area contributed by atoms with Gasteiger partial charge in [0, 0.05) is 18.4 Å². The third kappa shape index (κ3) is 2.93. The fraction of sp³-hybridized carbons (Fsp3) is 0.357. The van der Waals surface area contributed by atoms with Crippen LogP contribution in [-0.2, 0) is 9.53 Å². The molecule has 110 valence electrons. The van der Waals surface area contributed by atoms with Gasteiger partial charge in [-0.2, -0.15) is 5.10 Å². The molecule has 1 aliphatic heterocycles. The van der Waals surface area contributed by atoms with Gasteiger partial charge in [0.2, 0.25) is 5.91 Å². The molecule has 1 amide bonds. The summed E-state index contributed by atoms with van der Waals surface area (Å²) >= 11 is 0. The first-order valence-electron chi connectivity index (χ1n) is 6.80. The number of carbonyl (C=O) groups excluding carboxylic acids is 1. The third-order valence-corrected chi connectivity index (χ3v) is 3.54. The Kier molecular flexibility index (Phi) is 3.94. The number of anilines is 1. The highest BCUT2D eigenvalue weighted by Gasteiger charge is 2.32. The van der Waals surface area contributed by atoms with Crippen LogP contribution in [0.1, 0.15) is 0 Å². The standard InChI is InChI=1S/C14H17N5O2/c1-15-12-9-21-8-11(12)14(20)18-10-3-4-13(16-7-10)19-6-2-5-17-19/h2-7,11-12,15H,8-9H2,1H3,(H,18,20). The summed E-state index contributed by atoms with van der Waals surface area (Å²) < 4.78 is 7.00. The Morgan fingerprint density at radius 1 is 1.43 bits per heavy atom. The van der Waals surface area contributed by atoms with Gasteiger partial charge in [-0.1, -0.05) is 0 Å². The van der Waals surface area contributed by atoms with Crippen LogP contribution in [0.25, 0.3) is 5.82 Å². The lowest BCUT2D eigenvalue weighted by Crippen LogP contribution is -2.39. The molecule has 2 aromatic rings. The molecule has 0 aliphatic carbocycles. The summed E-state index contributed by atoms with van der Waals surface area (Å²) in [7, 11) is 1.83. The summed E-state index contributed by atoms with van der Waals surface area (Å²) in [6, 6.07) is 5.51. The van der Waals surface area contributed by atoms with Crippen LogP contribution >= 0.6 is 0 Å². The average Bonchev–Trinajstić information content (AvgIpc) is 3.19. The molecule has 2 unspecified atom stereocenters. The third-order valence-electron chi connectivity index (χ3n) is 3.54. The lowest BCUT2D eigenvalue weighted by molar-refractivity contribution is -0.120. The molecule has 3 rings (SSSR count). The summed E-state index contributed by atoms with van der Waals surface area (Å²) in [6.07, 6.45) is 5.13. The minimum atomic E-state index is -0.180. The van der Waals surface area contributed by atoms with Crippen molar-refractivity contribution in [3.05, 3.63) is 36.8 Å². The first-order chi connectivity index (χ1) is 10.3. The van der Waals surface area contributed by atoms with Gasteiger partial charge in [0.1, 0.15) is 0 Å². The highest BCUT2D eigenvalue weighted by Crippen LogP contribution is 2.17. The fourth-order valence-corrected chi connectivity index (χ4v) is 2.33.